The third-order valence-corrected chi connectivity index (χ3v) is 6.61. The molecular weight excluding hydrogens is 424 g/mol. The van der Waals surface area contributed by atoms with E-state index < -0.39 is 13.0 Å². The van der Waals surface area contributed by atoms with Gasteiger partial charge in [0.05, 0.1) is 24.6 Å². The zero-order valence-corrected chi connectivity index (χ0v) is 18.5. The number of alkyl halides is 2. The molecule has 0 unspecified atom stereocenters. The normalized spacial score (nSPS) is 18.4. The largest absolute Gasteiger partial charge is 0.480 e. The lowest BCUT2D eigenvalue weighted by Crippen LogP contribution is -2.11. The fourth-order valence-electron chi connectivity index (χ4n) is 4.94. The summed E-state index contributed by atoms with van der Waals surface area (Å²) in [4.78, 5) is 13.2. The molecule has 0 bridgehead atoms. The van der Waals surface area contributed by atoms with Gasteiger partial charge in [-0.25, -0.2) is 23.7 Å². The Labute approximate surface area is 191 Å². The molecule has 0 saturated heterocycles. The first-order valence-corrected chi connectivity index (χ1v) is 11.4. The SMILES string of the molecule is COc1ncnc2c1ccn2[C@H]1CC[C@@H](CCc2ccc3ccc(NCC(F)F)nc3c2)C1. The highest BCUT2D eigenvalue weighted by atomic mass is 19.3. The van der Waals surface area contributed by atoms with Gasteiger partial charge >= 0.3 is 0 Å². The number of rotatable bonds is 8. The molecule has 0 radical (unpaired) electrons. The van der Waals surface area contributed by atoms with Gasteiger partial charge in [-0.05, 0) is 67.9 Å². The molecule has 3 aromatic heterocycles. The van der Waals surface area contributed by atoms with Crippen molar-refractivity contribution in [1.29, 1.82) is 0 Å². The topological polar surface area (TPSA) is 64.9 Å². The van der Waals surface area contributed by atoms with Crippen LogP contribution in [0.3, 0.4) is 0 Å². The van der Waals surface area contributed by atoms with E-state index in [2.05, 4.69) is 49.2 Å². The summed E-state index contributed by atoms with van der Waals surface area (Å²) in [6.45, 7) is -0.392. The smallest absolute Gasteiger partial charge is 0.255 e. The molecule has 0 spiro atoms. The molecule has 6 nitrogen and oxygen atoms in total. The molecular formula is C25H27F2N5O. The fourth-order valence-corrected chi connectivity index (χ4v) is 4.94. The highest BCUT2D eigenvalue weighted by Gasteiger charge is 2.27. The predicted octanol–water partition coefficient (Wildman–Crippen LogP) is 5.64. The van der Waals surface area contributed by atoms with Gasteiger partial charge in [0.1, 0.15) is 17.8 Å². The molecule has 1 aliphatic rings. The summed E-state index contributed by atoms with van der Waals surface area (Å²) in [5.41, 5.74) is 3.00. The lowest BCUT2D eigenvalue weighted by Gasteiger charge is -2.15. The number of nitrogens with zero attached hydrogens (tertiary/aromatic N) is 4. The van der Waals surface area contributed by atoms with Gasteiger partial charge in [-0.1, -0.05) is 12.1 Å². The Bertz CT molecular complexity index is 1260. The molecule has 1 aromatic carbocycles. The number of halogens is 2. The van der Waals surface area contributed by atoms with E-state index in [0.717, 1.165) is 47.6 Å². The Balaban J connectivity index is 1.23. The Kier molecular flexibility index (Phi) is 6.07. The van der Waals surface area contributed by atoms with Crippen LogP contribution in [0, 0.1) is 5.92 Å². The van der Waals surface area contributed by atoms with E-state index in [-0.39, 0.29) is 0 Å². The molecule has 3 heterocycles. The first kappa shape index (κ1) is 21.6. The molecule has 1 aliphatic carbocycles. The van der Waals surface area contributed by atoms with E-state index in [1.807, 2.05) is 12.1 Å². The Morgan fingerprint density at radius 2 is 2.03 bits per heavy atom. The van der Waals surface area contributed by atoms with Crippen LogP contribution in [0.25, 0.3) is 21.9 Å². The van der Waals surface area contributed by atoms with Crippen LogP contribution in [-0.2, 0) is 6.42 Å². The Morgan fingerprint density at radius 1 is 1.15 bits per heavy atom. The quantitative estimate of drug-likeness (QED) is 0.376. The highest BCUT2D eigenvalue weighted by Crippen LogP contribution is 2.39. The van der Waals surface area contributed by atoms with Gasteiger partial charge in [0.2, 0.25) is 5.88 Å². The molecule has 33 heavy (non-hydrogen) atoms. The summed E-state index contributed by atoms with van der Waals surface area (Å²) in [7, 11) is 1.63. The number of hydrogen-bond acceptors (Lipinski definition) is 5. The minimum atomic E-state index is -2.40. The van der Waals surface area contributed by atoms with Crippen molar-refractivity contribution in [3.05, 3.63) is 54.5 Å². The molecule has 8 heteroatoms. The van der Waals surface area contributed by atoms with Crippen molar-refractivity contribution in [3.63, 3.8) is 0 Å². The molecule has 1 N–H and O–H groups in total. The lowest BCUT2D eigenvalue weighted by atomic mass is 9.97. The maximum Gasteiger partial charge on any atom is 0.255 e. The lowest BCUT2D eigenvalue weighted by molar-refractivity contribution is 0.163. The van der Waals surface area contributed by atoms with E-state index in [4.69, 9.17) is 4.74 Å². The number of nitrogens with one attached hydrogen (secondary N) is 1. The van der Waals surface area contributed by atoms with Crippen LogP contribution >= 0.6 is 0 Å². The molecule has 5 rings (SSSR count). The van der Waals surface area contributed by atoms with Gasteiger partial charge in [-0.2, -0.15) is 0 Å². The molecule has 2 atom stereocenters. The number of anilines is 1. The minimum absolute atomic E-state index is 0.392. The summed E-state index contributed by atoms with van der Waals surface area (Å²) in [5, 5.41) is 4.66. The van der Waals surface area contributed by atoms with Crippen LogP contribution in [0.15, 0.2) is 48.9 Å². The average molecular weight is 452 g/mol. The summed E-state index contributed by atoms with van der Waals surface area (Å²) >= 11 is 0. The number of aromatic nitrogens is 4. The Morgan fingerprint density at radius 3 is 2.88 bits per heavy atom. The van der Waals surface area contributed by atoms with E-state index >= 15 is 0 Å². The number of aryl methyl sites for hydroxylation is 1. The second-order valence-electron chi connectivity index (χ2n) is 8.71. The summed E-state index contributed by atoms with van der Waals surface area (Å²) in [6, 6.07) is 12.4. The Hall–Kier alpha value is -3.29. The van der Waals surface area contributed by atoms with Crippen molar-refractivity contribution in [2.45, 2.75) is 44.6 Å². The third kappa shape index (κ3) is 4.60. The molecule has 172 valence electrons. The zero-order chi connectivity index (χ0) is 22.8. The third-order valence-electron chi connectivity index (χ3n) is 6.61. The second-order valence-corrected chi connectivity index (χ2v) is 8.71. The monoisotopic (exact) mass is 451 g/mol. The van der Waals surface area contributed by atoms with Gasteiger partial charge in [0, 0.05) is 17.6 Å². The number of fused-ring (bicyclic) bond motifs is 2. The molecule has 4 aromatic rings. The van der Waals surface area contributed by atoms with E-state index in [1.165, 1.54) is 12.0 Å². The van der Waals surface area contributed by atoms with Crippen LogP contribution < -0.4 is 10.1 Å². The first-order valence-electron chi connectivity index (χ1n) is 11.4. The average Bonchev–Trinajstić information content (AvgIpc) is 3.47. The number of ether oxygens (including phenoxy) is 1. The van der Waals surface area contributed by atoms with Gasteiger partial charge in [0.25, 0.3) is 6.43 Å². The minimum Gasteiger partial charge on any atom is -0.480 e. The summed E-state index contributed by atoms with van der Waals surface area (Å²) in [5.74, 6) is 1.75. The van der Waals surface area contributed by atoms with Gasteiger partial charge in [0.15, 0.2) is 0 Å². The summed E-state index contributed by atoms with van der Waals surface area (Å²) in [6.07, 6.45) is 6.82. The number of hydrogen-bond donors (Lipinski definition) is 1. The first-order chi connectivity index (χ1) is 16.1. The zero-order valence-electron chi connectivity index (χ0n) is 18.5. The van der Waals surface area contributed by atoms with Crippen molar-refractivity contribution in [2.75, 3.05) is 19.0 Å². The molecule has 1 fully saturated rings. The van der Waals surface area contributed by atoms with Crippen LogP contribution in [0.4, 0.5) is 14.6 Å². The van der Waals surface area contributed by atoms with Gasteiger partial charge in [-0.15, -0.1) is 0 Å². The molecule has 0 aliphatic heterocycles. The van der Waals surface area contributed by atoms with Crippen LogP contribution in [-0.4, -0.2) is 39.6 Å². The fraction of sp³-hybridized carbons (Fsp3) is 0.400. The maximum atomic E-state index is 12.5. The number of pyridine rings is 1. The molecule has 1 saturated carbocycles. The second kappa shape index (κ2) is 9.29. The maximum absolute atomic E-state index is 12.5. The van der Waals surface area contributed by atoms with Crippen molar-refractivity contribution in [3.8, 4) is 5.88 Å². The van der Waals surface area contributed by atoms with E-state index in [1.54, 1.807) is 19.5 Å². The van der Waals surface area contributed by atoms with Gasteiger partial charge in [-0.3, -0.25) is 0 Å². The van der Waals surface area contributed by atoms with Crippen molar-refractivity contribution in [1.82, 2.24) is 19.5 Å². The van der Waals surface area contributed by atoms with Crippen molar-refractivity contribution in [2.24, 2.45) is 5.92 Å². The van der Waals surface area contributed by atoms with Crippen molar-refractivity contribution < 1.29 is 13.5 Å². The summed E-state index contributed by atoms with van der Waals surface area (Å²) < 4.78 is 32.6. The van der Waals surface area contributed by atoms with Crippen LogP contribution in [0.5, 0.6) is 5.88 Å². The number of benzene rings is 1. The van der Waals surface area contributed by atoms with Crippen LogP contribution in [0.1, 0.15) is 37.3 Å². The predicted molar refractivity (Wildman–Crippen MR) is 125 cm³/mol. The van der Waals surface area contributed by atoms with E-state index in [0.29, 0.717) is 23.7 Å². The molecule has 0 amide bonds. The van der Waals surface area contributed by atoms with E-state index in [9.17, 15) is 8.78 Å². The highest BCUT2D eigenvalue weighted by molar-refractivity contribution is 5.82. The van der Waals surface area contributed by atoms with Crippen LogP contribution in [0.2, 0.25) is 0 Å². The number of methoxy groups -OCH3 is 1. The van der Waals surface area contributed by atoms with Crippen molar-refractivity contribution >= 4 is 27.8 Å². The van der Waals surface area contributed by atoms with Gasteiger partial charge < -0.3 is 14.6 Å². The standard InChI is InChI=1S/C25H27F2N5O/c1-33-25-20-10-11-32(24(20)29-15-30-25)19-8-5-16(12-19)2-3-17-4-6-18-7-9-23(28-14-22(26)27)31-21(18)13-17/h4,6-7,9-11,13,15-16,19,22H,2-3,5,8,12,14H2,1H3,(H,28,31)/t16-,19+/m1/s1.